The number of hydrogen-bond acceptors (Lipinski definition) is 2. The van der Waals surface area contributed by atoms with Gasteiger partial charge >= 0.3 is 0 Å². The van der Waals surface area contributed by atoms with E-state index in [0.717, 1.165) is 57.4 Å². The molecule has 156 valence electrons. The quantitative estimate of drug-likeness (QED) is 0.686. The van der Waals surface area contributed by atoms with Gasteiger partial charge in [-0.15, -0.1) is 0 Å². The van der Waals surface area contributed by atoms with Crippen molar-refractivity contribution in [3.05, 3.63) is 35.9 Å². The zero-order chi connectivity index (χ0) is 19.7. The highest BCUT2D eigenvalue weighted by molar-refractivity contribution is 5.86. The molecule has 4 saturated carbocycles. The SMILES string of the molecule is O=C(C[C@H]1CN2CCC1CC2)C12CC3C[C@@](CF)(C1)C[C@](c1ccccc1)(C3)C2. The van der Waals surface area contributed by atoms with E-state index in [1.807, 2.05) is 0 Å². The third-order valence-corrected chi connectivity index (χ3v) is 9.68. The molecule has 3 aliphatic heterocycles. The topological polar surface area (TPSA) is 20.3 Å². The van der Waals surface area contributed by atoms with Gasteiger partial charge in [0.15, 0.2) is 0 Å². The van der Waals surface area contributed by atoms with Gasteiger partial charge in [0.05, 0.1) is 6.67 Å². The number of hydrogen-bond donors (Lipinski definition) is 0. The maximum atomic E-state index is 14.5. The number of alkyl halides is 1. The van der Waals surface area contributed by atoms with E-state index in [2.05, 4.69) is 35.2 Å². The molecule has 7 fully saturated rings. The zero-order valence-corrected chi connectivity index (χ0v) is 17.5. The van der Waals surface area contributed by atoms with Gasteiger partial charge in [0.25, 0.3) is 0 Å². The molecule has 1 aromatic carbocycles. The average Bonchev–Trinajstić information content (AvgIpc) is 2.74. The zero-order valence-electron chi connectivity index (χ0n) is 17.5. The van der Waals surface area contributed by atoms with Crippen molar-refractivity contribution in [1.82, 2.24) is 4.90 Å². The first kappa shape index (κ1) is 18.5. The molecule has 2 unspecified atom stereocenters. The summed E-state index contributed by atoms with van der Waals surface area (Å²) in [4.78, 5) is 16.5. The van der Waals surface area contributed by atoms with Gasteiger partial charge in [-0.1, -0.05) is 30.3 Å². The number of ketones is 1. The minimum Gasteiger partial charge on any atom is -0.303 e. The van der Waals surface area contributed by atoms with Crippen LogP contribution in [0.5, 0.6) is 0 Å². The Hall–Kier alpha value is -1.22. The number of rotatable bonds is 5. The van der Waals surface area contributed by atoms with Crippen molar-refractivity contribution in [3.63, 3.8) is 0 Å². The van der Waals surface area contributed by atoms with Crippen LogP contribution in [0.15, 0.2) is 30.3 Å². The van der Waals surface area contributed by atoms with E-state index in [0.29, 0.717) is 17.6 Å². The molecule has 0 spiro atoms. The number of fused-ring (bicyclic) bond motifs is 3. The first-order valence-electron chi connectivity index (χ1n) is 11.9. The van der Waals surface area contributed by atoms with Gasteiger partial charge in [0, 0.05) is 23.8 Å². The normalized spacial score (nSPS) is 47.5. The monoisotopic (exact) mass is 395 g/mol. The van der Waals surface area contributed by atoms with Gasteiger partial charge < -0.3 is 4.90 Å². The molecule has 1 aromatic rings. The Morgan fingerprint density at radius 3 is 2.52 bits per heavy atom. The van der Waals surface area contributed by atoms with Gasteiger partial charge in [0.2, 0.25) is 0 Å². The molecular formula is C26H34FNO. The molecule has 6 bridgehead atoms. The van der Waals surface area contributed by atoms with Crippen LogP contribution in [-0.2, 0) is 10.2 Å². The second kappa shape index (κ2) is 6.39. The number of piperidine rings is 3. The minimum absolute atomic E-state index is 0.0253. The van der Waals surface area contributed by atoms with E-state index in [1.54, 1.807) is 0 Å². The number of nitrogens with zero attached hydrogens (tertiary/aromatic N) is 1. The van der Waals surface area contributed by atoms with E-state index >= 15 is 0 Å². The maximum absolute atomic E-state index is 14.5. The van der Waals surface area contributed by atoms with Crippen LogP contribution in [0.4, 0.5) is 4.39 Å². The van der Waals surface area contributed by atoms with E-state index < -0.39 is 0 Å². The Balaban J connectivity index is 1.33. The lowest BCUT2D eigenvalue weighted by molar-refractivity contribution is -0.165. The van der Waals surface area contributed by atoms with Crippen molar-refractivity contribution < 1.29 is 9.18 Å². The summed E-state index contributed by atoms with van der Waals surface area (Å²) in [5.41, 5.74) is 0.882. The summed E-state index contributed by atoms with van der Waals surface area (Å²) >= 11 is 0. The second-order valence-corrected chi connectivity index (χ2v) is 11.6. The van der Waals surface area contributed by atoms with Crippen molar-refractivity contribution >= 4 is 5.78 Å². The third kappa shape index (κ3) is 2.79. The lowest BCUT2D eigenvalue weighted by Gasteiger charge is -2.66. The maximum Gasteiger partial charge on any atom is 0.139 e. The third-order valence-electron chi connectivity index (χ3n) is 9.68. The first-order chi connectivity index (χ1) is 14.0. The van der Waals surface area contributed by atoms with Crippen LogP contribution in [0.25, 0.3) is 0 Å². The van der Waals surface area contributed by atoms with E-state index in [9.17, 15) is 9.18 Å². The molecule has 5 atom stereocenters. The minimum atomic E-state index is -0.257. The number of carbonyl (C=O) groups is 1. The van der Waals surface area contributed by atoms with Crippen molar-refractivity contribution in [1.29, 1.82) is 0 Å². The van der Waals surface area contributed by atoms with Crippen LogP contribution in [0.1, 0.15) is 63.4 Å². The van der Waals surface area contributed by atoms with Gasteiger partial charge in [-0.2, -0.15) is 0 Å². The summed E-state index contributed by atoms with van der Waals surface area (Å²) in [7, 11) is 0. The molecule has 3 heteroatoms. The summed E-state index contributed by atoms with van der Waals surface area (Å²) in [6, 6.07) is 10.8. The molecule has 0 N–H and O–H groups in total. The number of benzene rings is 1. The molecule has 0 amide bonds. The van der Waals surface area contributed by atoms with Crippen molar-refractivity contribution in [2.45, 2.75) is 63.2 Å². The van der Waals surface area contributed by atoms with Crippen molar-refractivity contribution in [3.8, 4) is 0 Å². The van der Waals surface area contributed by atoms with Crippen LogP contribution in [0, 0.1) is 28.6 Å². The summed E-state index contributed by atoms with van der Waals surface area (Å²) in [6.45, 7) is 3.33. The first-order valence-corrected chi connectivity index (χ1v) is 11.9. The molecule has 3 saturated heterocycles. The predicted octanol–water partition coefficient (Wildman–Crippen LogP) is 5.17. The van der Waals surface area contributed by atoms with Crippen molar-refractivity contribution in [2.75, 3.05) is 26.3 Å². The smallest absolute Gasteiger partial charge is 0.139 e. The standard InChI is InChI=1S/C26H34FNO/c27-18-24-11-19-12-25(15-24,22-4-2-1-3-5-22)17-26(13-19,16-24)23(29)10-21-14-28-8-6-20(21)7-9-28/h1-5,19-21H,6-18H2/t19?,21-,24-,25+,26?/m0/s1. The van der Waals surface area contributed by atoms with Gasteiger partial charge in [-0.25, -0.2) is 0 Å². The highest BCUT2D eigenvalue weighted by atomic mass is 19.1. The molecule has 29 heavy (non-hydrogen) atoms. The van der Waals surface area contributed by atoms with Crippen LogP contribution in [0.3, 0.4) is 0 Å². The predicted molar refractivity (Wildman–Crippen MR) is 112 cm³/mol. The molecule has 4 aliphatic carbocycles. The average molecular weight is 396 g/mol. The largest absolute Gasteiger partial charge is 0.303 e. The fourth-order valence-corrected chi connectivity index (χ4v) is 8.99. The lowest BCUT2D eigenvalue weighted by atomic mass is 9.37. The van der Waals surface area contributed by atoms with E-state index in [4.69, 9.17) is 0 Å². The second-order valence-electron chi connectivity index (χ2n) is 11.6. The van der Waals surface area contributed by atoms with Crippen LogP contribution < -0.4 is 0 Å². The Labute approximate surface area is 174 Å². The number of Topliss-reactive ketones (excluding diaryl/α,β-unsaturated/α-hetero) is 1. The molecule has 0 radical (unpaired) electrons. The highest BCUT2D eigenvalue weighted by Gasteiger charge is 2.65. The Kier molecular flexibility index (Phi) is 4.08. The molecule has 2 nitrogen and oxygen atoms in total. The fourth-order valence-electron chi connectivity index (χ4n) is 8.99. The molecule has 3 heterocycles. The van der Waals surface area contributed by atoms with Gasteiger partial charge in [-0.3, -0.25) is 9.18 Å². The van der Waals surface area contributed by atoms with E-state index in [-0.39, 0.29) is 22.9 Å². The Bertz CT molecular complexity index is 802. The number of halogens is 1. The summed E-state index contributed by atoms with van der Waals surface area (Å²) in [5, 5.41) is 0. The Morgan fingerprint density at radius 2 is 1.83 bits per heavy atom. The van der Waals surface area contributed by atoms with Crippen LogP contribution in [0.2, 0.25) is 0 Å². The molecule has 8 rings (SSSR count). The van der Waals surface area contributed by atoms with Gasteiger partial charge in [-0.05, 0) is 93.2 Å². The highest BCUT2D eigenvalue weighted by Crippen LogP contribution is 2.70. The molecule has 7 aliphatic rings. The summed E-state index contributed by atoms with van der Waals surface area (Å²) in [6.07, 6.45) is 9.24. The fraction of sp³-hybridized carbons (Fsp3) is 0.731. The molecular weight excluding hydrogens is 361 g/mol. The lowest BCUT2D eigenvalue weighted by Crippen LogP contribution is -2.62. The van der Waals surface area contributed by atoms with E-state index in [1.165, 1.54) is 31.5 Å². The van der Waals surface area contributed by atoms with Crippen LogP contribution >= 0.6 is 0 Å². The molecule has 0 aromatic heterocycles. The Morgan fingerprint density at radius 1 is 1.03 bits per heavy atom. The summed E-state index contributed by atoms with van der Waals surface area (Å²) < 4.78 is 14.5. The van der Waals surface area contributed by atoms with Crippen LogP contribution in [-0.4, -0.2) is 37.0 Å². The van der Waals surface area contributed by atoms with Crippen molar-refractivity contribution in [2.24, 2.45) is 28.6 Å². The summed E-state index contributed by atoms with van der Waals surface area (Å²) in [5.74, 6) is 2.32. The van der Waals surface area contributed by atoms with Gasteiger partial charge in [0.1, 0.15) is 5.78 Å². The number of carbonyl (C=O) groups excluding carboxylic acids is 1.